The van der Waals surface area contributed by atoms with E-state index in [2.05, 4.69) is 21.2 Å². The molecule has 2 N–H and O–H groups in total. The molecule has 1 atom stereocenters. The van der Waals surface area contributed by atoms with Crippen molar-refractivity contribution in [2.75, 3.05) is 5.32 Å². The van der Waals surface area contributed by atoms with E-state index in [0.29, 0.717) is 15.9 Å². The lowest BCUT2D eigenvalue weighted by Crippen LogP contribution is -2.06. The SMILES string of the molecule is CC(Nc1cc(F)ccc1Br)c1ccc(C(=O)O)o1. The van der Waals surface area contributed by atoms with Gasteiger partial charge in [-0.15, -0.1) is 0 Å². The number of aromatic carboxylic acids is 1. The maximum atomic E-state index is 13.1. The van der Waals surface area contributed by atoms with Gasteiger partial charge in [0.25, 0.3) is 0 Å². The summed E-state index contributed by atoms with van der Waals surface area (Å²) in [5, 5.41) is 11.8. The Morgan fingerprint density at radius 3 is 2.79 bits per heavy atom. The van der Waals surface area contributed by atoms with Gasteiger partial charge in [0.15, 0.2) is 0 Å². The largest absolute Gasteiger partial charge is 0.475 e. The second-order valence-electron chi connectivity index (χ2n) is 4.00. The molecule has 6 heteroatoms. The summed E-state index contributed by atoms with van der Waals surface area (Å²) in [5.74, 6) is -1.13. The number of nitrogens with one attached hydrogen (secondary N) is 1. The van der Waals surface area contributed by atoms with Crippen molar-refractivity contribution in [3.63, 3.8) is 0 Å². The molecule has 4 nitrogen and oxygen atoms in total. The van der Waals surface area contributed by atoms with Gasteiger partial charge >= 0.3 is 5.97 Å². The molecule has 0 aliphatic heterocycles. The highest BCUT2D eigenvalue weighted by atomic mass is 79.9. The number of halogens is 2. The van der Waals surface area contributed by atoms with E-state index in [9.17, 15) is 9.18 Å². The van der Waals surface area contributed by atoms with Gasteiger partial charge in [0.2, 0.25) is 5.76 Å². The van der Waals surface area contributed by atoms with Crippen molar-refractivity contribution in [3.05, 3.63) is 52.1 Å². The van der Waals surface area contributed by atoms with Crippen molar-refractivity contribution in [2.24, 2.45) is 0 Å². The van der Waals surface area contributed by atoms with E-state index >= 15 is 0 Å². The Morgan fingerprint density at radius 2 is 2.16 bits per heavy atom. The lowest BCUT2D eigenvalue weighted by Gasteiger charge is -2.14. The summed E-state index contributed by atoms with van der Waals surface area (Å²) < 4.78 is 19.0. The van der Waals surface area contributed by atoms with Crippen LogP contribution in [0.3, 0.4) is 0 Å². The van der Waals surface area contributed by atoms with Gasteiger partial charge < -0.3 is 14.8 Å². The van der Waals surface area contributed by atoms with Gasteiger partial charge in [-0.3, -0.25) is 0 Å². The third-order valence-corrected chi connectivity index (χ3v) is 3.26. The molecule has 2 rings (SSSR count). The van der Waals surface area contributed by atoms with Crippen LogP contribution >= 0.6 is 15.9 Å². The van der Waals surface area contributed by atoms with Crippen LogP contribution in [0.4, 0.5) is 10.1 Å². The van der Waals surface area contributed by atoms with Crippen molar-refractivity contribution >= 4 is 27.6 Å². The standard InChI is InChI=1S/C13H11BrFNO3/c1-7(11-4-5-12(19-11)13(17)18)16-10-6-8(15)2-3-9(10)14/h2-7,16H,1H3,(H,17,18). The molecule has 0 radical (unpaired) electrons. The molecule has 0 aliphatic carbocycles. The minimum absolute atomic E-state index is 0.123. The minimum atomic E-state index is -1.12. The smallest absolute Gasteiger partial charge is 0.371 e. The zero-order valence-corrected chi connectivity index (χ0v) is 11.6. The quantitative estimate of drug-likeness (QED) is 0.889. The molecule has 0 amide bonds. The van der Waals surface area contributed by atoms with Crippen molar-refractivity contribution in [2.45, 2.75) is 13.0 Å². The Morgan fingerprint density at radius 1 is 1.42 bits per heavy atom. The first-order valence-corrected chi connectivity index (χ1v) is 6.31. The molecule has 1 aromatic carbocycles. The van der Waals surface area contributed by atoms with Crippen molar-refractivity contribution in [1.29, 1.82) is 0 Å². The number of carboxylic acid groups (broad SMARTS) is 1. The molecule has 2 aromatic rings. The van der Waals surface area contributed by atoms with Gasteiger partial charge in [-0.1, -0.05) is 0 Å². The Kier molecular flexibility index (Phi) is 3.90. The Labute approximate surface area is 117 Å². The van der Waals surface area contributed by atoms with Crippen LogP contribution in [0, 0.1) is 5.82 Å². The maximum absolute atomic E-state index is 13.1. The van der Waals surface area contributed by atoms with Crippen LogP contribution in [0.1, 0.15) is 29.3 Å². The van der Waals surface area contributed by atoms with Crippen molar-refractivity contribution in [1.82, 2.24) is 0 Å². The third-order valence-electron chi connectivity index (χ3n) is 2.56. The van der Waals surface area contributed by atoms with Gasteiger partial charge in [-0.2, -0.15) is 0 Å². The zero-order valence-electron chi connectivity index (χ0n) is 9.98. The molecule has 1 heterocycles. The highest BCUT2D eigenvalue weighted by molar-refractivity contribution is 9.10. The number of carbonyl (C=O) groups is 1. The molecule has 0 aliphatic rings. The van der Waals surface area contributed by atoms with Crippen LogP contribution in [-0.4, -0.2) is 11.1 Å². The first kappa shape index (κ1) is 13.6. The van der Waals surface area contributed by atoms with Crippen molar-refractivity contribution in [3.8, 4) is 0 Å². The van der Waals surface area contributed by atoms with E-state index in [1.165, 1.54) is 18.2 Å². The van der Waals surface area contributed by atoms with Gasteiger partial charge in [-0.25, -0.2) is 9.18 Å². The first-order chi connectivity index (χ1) is 8.97. The molecule has 1 unspecified atom stereocenters. The number of benzene rings is 1. The second kappa shape index (κ2) is 5.44. The van der Waals surface area contributed by atoms with E-state index in [1.54, 1.807) is 19.1 Å². The Hall–Kier alpha value is -1.82. The van der Waals surface area contributed by atoms with Gasteiger partial charge in [0.05, 0.1) is 11.7 Å². The van der Waals surface area contributed by atoms with Crippen LogP contribution in [-0.2, 0) is 0 Å². The van der Waals surface area contributed by atoms with Gasteiger partial charge in [-0.05, 0) is 53.2 Å². The van der Waals surface area contributed by atoms with E-state index in [1.807, 2.05) is 0 Å². The fourth-order valence-electron chi connectivity index (χ4n) is 1.61. The van der Waals surface area contributed by atoms with Crippen LogP contribution in [0.25, 0.3) is 0 Å². The highest BCUT2D eigenvalue weighted by Crippen LogP contribution is 2.28. The summed E-state index contributed by atoms with van der Waals surface area (Å²) in [7, 11) is 0. The van der Waals surface area contributed by atoms with E-state index in [-0.39, 0.29) is 17.6 Å². The zero-order chi connectivity index (χ0) is 14.0. The summed E-state index contributed by atoms with van der Waals surface area (Å²) in [5.41, 5.74) is 0.570. The predicted molar refractivity (Wildman–Crippen MR) is 71.8 cm³/mol. The van der Waals surface area contributed by atoms with Crippen molar-refractivity contribution < 1.29 is 18.7 Å². The average molecular weight is 328 g/mol. The van der Waals surface area contributed by atoms with E-state index < -0.39 is 5.97 Å². The Bertz CT molecular complexity index is 612. The maximum Gasteiger partial charge on any atom is 0.371 e. The number of hydrogen-bond donors (Lipinski definition) is 2. The molecular weight excluding hydrogens is 317 g/mol. The summed E-state index contributed by atoms with van der Waals surface area (Å²) in [4.78, 5) is 10.7. The number of rotatable bonds is 4. The summed E-state index contributed by atoms with van der Waals surface area (Å²) in [6.07, 6.45) is 0. The fourth-order valence-corrected chi connectivity index (χ4v) is 1.97. The molecule has 0 spiro atoms. The predicted octanol–water partition coefficient (Wildman–Crippen LogP) is 4.05. The van der Waals surface area contributed by atoms with Gasteiger partial charge in [0, 0.05) is 4.47 Å². The molecule has 1 aromatic heterocycles. The lowest BCUT2D eigenvalue weighted by molar-refractivity contribution is 0.0660. The molecule has 0 bridgehead atoms. The summed E-state index contributed by atoms with van der Waals surface area (Å²) in [6.45, 7) is 1.79. The van der Waals surface area contributed by atoms with Crippen LogP contribution < -0.4 is 5.32 Å². The third kappa shape index (κ3) is 3.14. The highest BCUT2D eigenvalue weighted by Gasteiger charge is 2.15. The van der Waals surface area contributed by atoms with Crippen LogP contribution in [0.5, 0.6) is 0 Å². The number of anilines is 1. The molecule has 0 saturated heterocycles. The number of hydrogen-bond acceptors (Lipinski definition) is 3. The lowest BCUT2D eigenvalue weighted by atomic mass is 10.2. The molecule has 0 fully saturated rings. The molecule has 0 saturated carbocycles. The summed E-state index contributed by atoms with van der Waals surface area (Å²) in [6, 6.07) is 6.96. The van der Waals surface area contributed by atoms with E-state index in [0.717, 1.165) is 0 Å². The van der Waals surface area contributed by atoms with Crippen LogP contribution in [0.2, 0.25) is 0 Å². The Balaban J connectivity index is 2.17. The van der Waals surface area contributed by atoms with Gasteiger partial charge in [0.1, 0.15) is 11.6 Å². The molecule has 19 heavy (non-hydrogen) atoms. The summed E-state index contributed by atoms with van der Waals surface area (Å²) >= 11 is 3.31. The van der Waals surface area contributed by atoms with Crippen LogP contribution in [0.15, 0.2) is 39.2 Å². The first-order valence-electron chi connectivity index (χ1n) is 5.52. The number of furan rings is 1. The molecule has 100 valence electrons. The monoisotopic (exact) mass is 327 g/mol. The fraction of sp³-hybridized carbons (Fsp3) is 0.154. The normalized spacial score (nSPS) is 12.2. The second-order valence-corrected chi connectivity index (χ2v) is 4.85. The van der Waals surface area contributed by atoms with E-state index in [4.69, 9.17) is 9.52 Å². The number of carboxylic acids is 1. The molecular formula is C13H11BrFNO3. The minimum Gasteiger partial charge on any atom is -0.475 e. The average Bonchev–Trinajstić information content (AvgIpc) is 2.83. The topological polar surface area (TPSA) is 62.5 Å².